The summed E-state index contributed by atoms with van der Waals surface area (Å²) in [7, 11) is 0. The van der Waals surface area contributed by atoms with Crippen molar-refractivity contribution >= 4 is 11.0 Å². The van der Waals surface area contributed by atoms with E-state index in [0.717, 1.165) is 6.07 Å². The predicted octanol–water partition coefficient (Wildman–Crippen LogP) is -2.39. The van der Waals surface area contributed by atoms with Gasteiger partial charge in [0.1, 0.15) is 89.4 Å². The Kier molecular flexibility index (Phi) is 8.16. The number of hydrogen-bond acceptors (Lipinski definition) is 15. The normalized spacial score (nSPS) is 33.6. The molecule has 0 amide bonds. The van der Waals surface area contributed by atoms with Crippen molar-refractivity contribution in [2.24, 2.45) is 0 Å². The summed E-state index contributed by atoms with van der Waals surface area (Å²) in [5.41, 5.74) is -2.48. The Hall–Kier alpha value is -3.35. The molecular formula is C27H30O15. The van der Waals surface area contributed by atoms with Crippen LogP contribution in [0, 0.1) is 0 Å². The lowest BCUT2D eigenvalue weighted by Gasteiger charge is -2.42. The molecule has 1 aromatic heterocycles. The number of hydrogen-bond donors (Lipinski definition) is 11. The Bertz CT molecular complexity index is 1500. The maximum absolute atomic E-state index is 13.5. The van der Waals surface area contributed by atoms with E-state index in [1.54, 1.807) is 0 Å². The average molecular weight is 595 g/mol. The van der Waals surface area contributed by atoms with Crippen molar-refractivity contribution in [3.63, 3.8) is 0 Å². The molecule has 0 aliphatic carbocycles. The fraction of sp³-hybridized carbons (Fsp3) is 0.444. The lowest BCUT2D eigenvalue weighted by Crippen LogP contribution is -2.55. The lowest BCUT2D eigenvalue weighted by atomic mass is 9.85. The second-order valence-electron chi connectivity index (χ2n) is 10.2. The molecule has 3 aromatic rings. The zero-order chi connectivity index (χ0) is 30.6. The van der Waals surface area contributed by atoms with E-state index in [1.165, 1.54) is 24.3 Å². The minimum absolute atomic E-state index is 0.0941. The highest BCUT2D eigenvalue weighted by Crippen LogP contribution is 2.51. The topological polar surface area (TPSA) is 271 Å². The summed E-state index contributed by atoms with van der Waals surface area (Å²) < 4.78 is 17.0. The van der Waals surface area contributed by atoms with Crippen molar-refractivity contribution in [3.8, 4) is 28.6 Å². The molecular weight excluding hydrogens is 564 g/mol. The minimum Gasteiger partial charge on any atom is -0.508 e. The Morgan fingerprint density at radius 2 is 1.14 bits per heavy atom. The predicted molar refractivity (Wildman–Crippen MR) is 138 cm³/mol. The Morgan fingerprint density at radius 3 is 1.64 bits per heavy atom. The van der Waals surface area contributed by atoms with Crippen LogP contribution in [0.2, 0.25) is 0 Å². The highest BCUT2D eigenvalue weighted by atomic mass is 16.6. The molecule has 0 saturated carbocycles. The van der Waals surface area contributed by atoms with Crippen LogP contribution >= 0.6 is 0 Å². The van der Waals surface area contributed by atoms with Gasteiger partial charge in [0.15, 0.2) is 11.0 Å². The molecule has 0 bridgehead atoms. The largest absolute Gasteiger partial charge is 0.508 e. The summed E-state index contributed by atoms with van der Waals surface area (Å²) >= 11 is 0. The zero-order valence-corrected chi connectivity index (χ0v) is 21.6. The van der Waals surface area contributed by atoms with Gasteiger partial charge in [-0.3, -0.25) is 4.79 Å². The Labute approximate surface area is 235 Å². The molecule has 2 aliphatic heterocycles. The number of aliphatic hydroxyl groups is 8. The molecule has 228 valence electrons. The molecule has 15 nitrogen and oxygen atoms in total. The highest BCUT2D eigenvalue weighted by Gasteiger charge is 2.50. The minimum atomic E-state index is -2.02. The van der Waals surface area contributed by atoms with Crippen molar-refractivity contribution in [2.45, 2.75) is 61.0 Å². The van der Waals surface area contributed by atoms with Crippen molar-refractivity contribution in [2.75, 3.05) is 13.2 Å². The third kappa shape index (κ3) is 4.79. The summed E-state index contributed by atoms with van der Waals surface area (Å²) in [5.74, 6) is -2.20. The molecule has 11 N–H and O–H groups in total. The standard InChI is InChI=1S/C27H30O15/c28-6-12-17(32)21(36)23(38)26(41-12)15-19(34)14-10(31)5-11(8-1-3-9(30)4-2-8)40-25(14)16(20(15)35)27-24(39)22(37)18(33)13(7-29)42-27/h1-5,12-13,17-18,21-24,26-30,32-39H,6-7H2/t12-,13+,17-,18+,21+,22+,23-,24-,26+,27+/m1/s1. The number of phenols is 3. The number of aromatic hydroxyl groups is 3. The van der Waals surface area contributed by atoms with Crippen molar-refractivity contribution in [1.29, 1.82) is 0 Å². The molecule has 0 unspecified atom stereocenters. The summed E-state index contributed by atoms with van der Waals surface area (Å²) in [6.45, 7) is -1.70. The van der Waals surface area contributed by atoms with Crippen LogP contribution in [0.4, 0.5) is 0 Å². The van der Waals surface area contributed by atoms with Crippen LogP contribution in [0.15, 0.2) is 39.5 Å². The summed E-state index contributed by atoms with van der Waals surface area (Å²) in [6, 6.07) is 6.37. The van der Waals surface area contributed by atoms with Crippen LogP contribution < -0.4 is 5.43 Å². The van der Waals surface area contributed by atoms with E-state index in [9.17, 15) is 61.0 Å². The molecule has 0 spiro atoms. The molecule has 15 heteroatoms. The van der Waals surface area contributed by atoms with Gasteiger partial charge >= 0.3 is 0 Å². The third-order valence-electron chi connectivity index (χ3n) is 7.70. The Morgan fingerprint density at radius 1 is 0.643 bits per heavy atom. The van der Waals surface area contributed by atoms with Crippen molar-refractivity contribution in [3.05, 3.63) is 51.7 Å². The van der Waals surface area contributed by atoms with E-state index in [-0.39, 0.29) is 17.1 Å². The van der Waals surface area contributed by atoms with E-state index >= 15 is 0 Å². The van der Waals surface area contributed by atoms with Gasteiger partial charge in [-0.2, -0.15) is 0 Å². The van der Waals surface area contributed by atoms with Gasteiger partial charge in [-0.1, -0.05) is 0 Å². The van der Waals surface area contributed by atoms with Gasteiger partial charge in [0.05, 0.1) is 24.3 Å². The molecule has 2 aromatic carbocycles. The number of ether oxygens (including phenoxy) is 2. The van der Waals surface area contributed by atoms with Crippen molar-refractivity contribution in [1.82, 2.24) is 0 Å². The van der Waals surface area contributed by atoms with E-state index in [0.29, 0.717) is 0 Å². The molecule has 10 atom stereocenters. The SMILES string of the molecule is O=c1cc(-c2ccc(O)cc2)oc2c([C@@H]3O[C@@H](CO)[C@H](O)[C@H](O)[C@H]3O)c(O)c([C@@H]3O[C@H](CO)[C@@H](O)[C@H](O)[C@H]3O)c(O)c12. The first-order valence-corrected chi connectivity index (χ1v) is 12.9. The van der Waals surface area contributed by atoms with Gasteiger partial charge in [0, 0.05) is 11.6 Å². The van der Waals surface area contributed by atoms with E-state index < -0.39 is 113 Å². The average Bonchev–Trinajstić information content (AvgIpc) is 2.97. The molecule has 2 aliphatic rings. The first-order chi connectivity index (χ1) is 19.9. The maximum Gasteiger partial charge on any atom is 0.197 e. The first kappa shape index (κ1) is 30.1. The number of aliphatic hydroxyl groups excluding tert-OH is 8. The fourth-order valence-electron chi connectivity index (χ4n) is 5.39. The van der Waals surface area contributed by atoms with E-state index in [1.807, 2.05) is 0 Å². The van der Waals surface area contributed by atoms with Crippen LogP contribution in [0.3, 0.4) is 0 Å². The quantitative estimate of drug-likeness (QED) is 0.147. The first-order valence-electron chi connectivity index (χ1n) is 12.9. The van der Waals surface area contributed by atoms with Crippen LogP contribution in [-0.4, -0.2) is 118 Å². The number of phenolic OH excluding ortho intramolecular Hbond substituents is 3. The highest BCUT2D eigenvalue weighted by molar-refractivity contribution is 5.92. The van der Waals surface area contributed by atoms with Crippen LogP contribution in [0.25, 0.3) is 22.3 Å². The summed E-state index contributed by atoms with van der Waals surface area (Å²) in [4.78, 5) is 13.5. The van der Waals surface area contributed by atoms with Gasteiger partial charge in [-0.25, -0.2) is 0 Å². The molecule has 5 rings (SSSR count). The molecule has 42 heavy (non-hydrogen) atoms. The zero-order valence-electron chi connectivity index (χ0n) is 21.6. The van der Waals surface area contributed by atoms with Crippen LogP contribution in [0.5, 0.6) is 17.2 Å². The monoisotopic (exact) mass is 594 g/mol. The molecule has 2 saturated heterocycles. The van der Waals surface area contributed by atoms with E-state index in [4.69, 9.17) is 13.9 Å². The van der Waals surface area contributed by atoms with Crippen LogP contribution in [-0.2, 0) is 9.47 Å². The maximum atomic E-state index is 13.5. The summed E-state index contributed by atoms with van der Waals surface area (Å²) in [6.07, 6.45) is -18.2. The number of rotatable bonds is 5. The van der Waals surface area contributed by atoms with Crippen molar-refractivity contribution < 1.29 is 70.1 Å². The van der Waals surface area contributed by atoms with Crippen LogP contribution in [0.1, 0.15) is 23.3 Å². The second-order valence-corrected chi connectivity index (χ2v) is 10.2. The van der Waals surface area contributed by atoms with E-state index in [2.05, 4.69) is 0 Å². The van der Waals surface area contributed by atoms with Gasteiger partial charge < -0.3 is 70.1 Å². The lowest BCUT2D eigenvalue weighted by molar-refractivity contribution is -0.234. The number of fused-ring (bicyclic) bond motifs is 1. The number of benzene rings is 2. The Balaban J connectivity index is 1.82. The smallest absolute Gasteiger partial charge is 0.197 e. The molecule has 2 fully saturated rings. The van der Waals surface area contributed by atoms with Gasteiger partial charge in [-0.15, -0.1) is 0 Å². The van der Waals surface area contributed by atoms with Gasteiger partial charge in [0.2, 0.25) is 0 Å². The van der Waals surface area contributed by atoms with Gasteiger partial charge in [0.25, 0.3) is 0 Å². The third-order valence-corrected chi connectivity index (χ3v) is 7.70. The summed E-state index contributed by atoms with van der Waals surface area (Å²) in [5, 5.41) is 114. The fourth-order valence-corrected chi connectivity index (χ4v) is 5.39. The molecule has 3 heterocycles. The van der Waals surface area contributed by atoms with Gasteiger partial charge in [-0.05, 0) is 24.3 Å². The second kappa shape index (κ2) is 11.4. The molecule has 0 radical (unpaired) electrons.